The number of hydrogen-bond donors (Lipinski definition) is 1. The van der Waals surface area contributed by atoms with Gasteiger partial charge in [-0.3, -0.25) is 9.59 Å². The van der Waals surface area contributed by atoms with Crippen molar-refractivity contribution in [1.29, 1.82) is 0 Å². The van der Waals surface area contributed by atoms with Gasteiger partial charge in [0.2, 0.25) is 0 Å². The van der Waals surface area contributed by atoms with E-state index in [2.05, 4.69) is 0 Å². The highest BCUT2D eigenvalue weighted by atomic mass is 16.6. The Morgan fingerprint density at radius 3 is 2.09 bits per heavy atom. The predicted molar refractivity (Wildman–Crippen MR) is 121 cm³/mol. The van der Waals surface area contributed by atoms with Crippen LogP contribution in [-0.4, -0.2) is 52.1 Å². The second-order valence-corrected chi connectivity index (χ2v) is 7.97. The fraction of sp³-hybridized carbons (Fsp3) is 0.440. The smallest absolute Gasteiger partial charge is 0.316 e. The van der Waals surface area contributed by atoms with Crippen molar-refractivity contribution in [2.24, 2.45) is 11.3 Å². The van der Waals surface area contributed by atoms with E-state index in [1.54, 1.807) is 43.3 Å². The molecule has 1 N–H and O–H groups in total. The summed E-state index contributed by atoms with van der Waals surface area (Å²) in [5.74, 6) is -0.797. The lowest BCUT2D eigenvalue weighted by Crippen LogP contribution is -2.41. The molecule has 0 unspecified atom stereocenters. The lowest BCUT2D eigenvalue weighted by atomic mass is 9.69. The maximum absolute atomic E-state index is 13.3. The van der Waals surface area contributed by atoms with Crippen LogP contribution in [0.4, 0.5) is 0 Å². The summed E-state index contributed by atoms with van der Waals surface area (Å²) in [7, 11) is 5.95. The summed E-state index contributed by atoms with van der Waals surface area (Å²) in [6, 6.07) is 9.76. The van der Waals surface area contributed by atoms with Crippen LogP contribution in [0.5, 0.6) is 23.0 Å². The number of carbonyl (C=O) groups is 2. The van der Waals surface area contributed by atoms with Crippen LogP contribution in [0.2, 0.25) is 0 Å². The molecule has 1 aliphatic rings. The van der Waals surface area contributed by atoms with Crippen LogP contribution in [0.25, 0.3) is 0 Å². The number of aliphatic hydroxyl groups excluding tert-OH is 1. The van der Waals surface area contributed by atoms with Gasteiger partial charge in [-0.2, -0.15) is 0 Å². The quantitative estimate of drug-likeness (QED) is 0.548. The molecule has 4 atom stereocenters. The molecule has 0 aliphatic carbocycles. The molecule has 1 heterocycles. The van der Waals surface area contributed by atoms with E-state index in [1.807, 2.05) is 0 Å². The molecule has 9 nitrogen and oxygen atoms in total. The first-order valence-electron chi connectivity index (χ1n) is 10.8. The third-order valence-electron chi connectivity index (χ3n) is 6.19. The van der Waals surface area contributed by atoms with Gasteiger partial charge >= 0.3 is 11.9 Å². The van der Waals surface area contributed by atoms with Crippen LogP contribution in [-0.2, 0) is 19.1 Å². The molecule has 0 radical (unpaired) electrons. The van der Waals surface area contributed by atoms with Crippen LogP contribution in [0.1, 0.15) is 37.2 Å². The second kappa shape index (κ2) is 10.2. The van der Waals surface area contributed by atoms with Gasteiger partial charge in [0.25, 0.3) is 0 Å². The molecule has 2 aromatic rings. The molecule has 0 spiro atoms. The van der Waals surface area contributed by atoms with Crippen molar-refractivity contribution >= 4 is 11.9 Å². The van der Waals surface area contributed by atoms with Gasteiger partial charge in [-0.25, -0.2) is 0 Å². The Balaban J connectivity index is 2.10. The van der Waals surface area contributed by atoms with Crippen LogP contribution >= 0.6 is 0 Å². The van der Waals surface area contributed by atoms with Crippen LogP contribution in [0.15, 0.2) is 36.4 Å². The summed E-state index contributed by atoms with van der Waals surface area (Å²) in [6.07, 6.45) is -2.41. The number of benzene rings is 2. The van der Waals surface area contributed by atoms with Crippen molar-refractivity contribution in [2.45, 2.75) is 26.1 Å². The van der Waals surface area contributed by atoms with Gasteiger partial charge in [-0.15, -0.1) is 0 Å². The number of hydrogen-bond acceptors (Lipinski definition) is 9. The van der Waals surface area contributed by atoms with Gasteiger partial charge in [0.1, 0.15) is 17.4 Å². The number of aliphatic hydroxyl groups is 1. The Bertz CT molecular complexity index is 1050. The zero-order chi connectivity index (χ0) is 25.0. The average molecular weight is 475 g/mol. The number of carbonyl (C=O) groups excluding carboxylic acids is 2. The van der Waals surface area contributed by atoms with E-state index >= 15 is 0 Å². The lowest BCUT2D eigenvalue weighted by Gasteiger charge is -2.32. The highest BCUT2D eigenvalue weighted by Gasteiger charge is 2.62. The summed E-state index contributed by atoms with van der Waals surface area (Å²) in [5.41, 5.74) is -0.782. The number of esters is 2. The summed E-state index contributed by atoms with van der Waals surface area (Å²) >= 11 is 0. The standard InChI is InChI=1S/C25H30O9/c1-7-33-23(27)20-21(14-8-10-16(29-3)18(12-14)31-5)34-24(28)25(20,2)22(26)15-9-11-17(30-4)19(13-15)32-6/h8-13,20-22,26H,7H2,1-6H3/t20-,21-,22+,25-/m1/s1. The minimum absolute atomic E-state index is 0.102. The molecule has 2 aromatic carbocycles. The summed E-state index contributed by atoms with van der Waals surface area (Å²) in [4.78, 5) is 26.4. The van der Waals surface area contributed by atoms with E-state index in [4.69, 9.17) is 28.4 Å². The first-order chi connectivity index (χ1) is 16.3. The molecule has 34 heavy (non-hydrogen) atoms. The molecular formula is C25H30O9. The fourth-order valence-corrected chi connectivity index (χ4v) is 4.29. The molecule has 184 valence electrons. The highest BCUT2D eigenvalue weighted by Crippen LogP contribution is 2.55. The zero-order valence-corrected chi connectivity index (χ0v) is 20.1. The maximum Gasteiger partial charge on any atom is 0.316 e. The molecule has 1 saturated heterocycles. The van der Waals surface area contributed by atoms with Gasteiger partial charge in [-0.1, -0.05) is 12.1 Å². The third-order valence-corrected chi connectivity index (χ3v) is 6.19. The monoisotopic (exact) mass is 474 g/mol. The minimum Gasteiger partial charge on any atom is -0.493 e. The molecule has 0 aromatic heterocycles. The van der Waals surface area contributed by atoms with Gasteiger partial charge < -0.3 is 33.5 Å². The minimum atomic E-state index is -1.65. The van der Waals surface area contributed by atoms with Crippen molar-refractivity contribution in [3.63, 3.8) is 0 Å². The molecule has 1 fully saturated rings. The topological polar surface area (TPSA) is 110 Å². The summed E-state index contributed by atoms with van der Waals surface area (Å²) in [5, 5.41) is 11.4. The van der Waals surface area contributed by atoms with E-state index in [1.165, 1.54) is 35.4 Å². The lowest BCUT2D eigenvalue weighted by molar-refractivity contribution is -0.160. The number of cyclic esters (lactones) is 1. The Labute approximate surface area is 198 Å². The molecule has 0 bridgehead atoms. The number of methoxy groups -OCH3 is 4. The van der Waals surface area contributed by atoms with Crippen molar-refractivity contribution < 1.29 is 43.1 Å². The first-order valence-corrected chi connectivity index (χ1v) is 10.8. The normalized spacial score (nSPS) is 22.5. The molecule has 9 heteroatoms. The summed E-state index contributed by atoms with van der Waals surface area (Å²) in [6.45, 7) is 3.27. The number of rotatable bonds is 9. The molecule has 0 amide bonds. The number of ether oxygens (including phenoxy) is 6. The zero-order valence-electron chi connectivity index (χ0n) is 20.1. The van der Waals surface area contributed by atoms with Crippen molar-refractivity contribution in [1.82, 2.24) is 0 Å². The van der Waals surface area contributed by atoms with Crippen molar-refractivity contribution in [3.05, 3.63) is 47.5 Å². The van der Waals surface area contributed by atoms with Crippen molar-refractivity contribution in [2.75, 3.05) is 35.0 Å². The molecular weight excluding hydrogens is 444 g/mol. The van der Waals surface area contributed by atoms with Crippen molar-refractivity contribution in [3.8, 4) is 23.0 Å². The van der Waals surface area contributed by atoms with Crippen LogP contribution in [0.3, 0.4) is 0 Å². The van der Waals surface area contributed by atoms with E-state index in [-0.39, 0.29) is 6.61 Å². The van der Waals surface area contributed by atoms with Gasteiger partial charge in [-0.05, 0) is 49.2 Å². The Kier molecular flexibility index (Phi) is 7.56. The third kappa shape index (κ3) is 4.23. The van der Waals surface area contributed by atoms with E-state index < -0.39 is 35.5 Å². The SMILES string of the molecule is CCOC(=O)[C@H]1[C@@H](c2ccc(OC)c(OC)c2)OC(=O)[C@@]1(C)[C@@H](O)c1ccc(OC)c(OC)c1. The second-order valence-electron chi connectivity index (χ2n) is 7.97. The van der Waals surface area contributed by atoms with E-state index in [0.29, 0.717) is 34.1 Å². The fourth-order valence-electron chi connectivity index (χ4n) is 4.29. The Morgan fingerprint density at radius 2 is 1.53 bits per heavy atom. The Morgan fingerprint density at radius 1 is 0.971 bits per heavy atom. The maximum atomic E-state index is 13.3. The largest absolute Gasteiger partial charge is 0.493 e. The first kappa shape index (κ1) is 25.2. The van der Waals surface area contributed by atoms with Gasteiger partial charge in [0.05, 0.1) is 41.2 Å². The van der Waals surface area contributed by atoms with Crippen LogP contribution in [0, 0.1) is 11.3 Å². The van der Waals surface area contributed by atoms with Crippen LogP contribution < -0.4 is 18.9 Å². The molecule has 0 saturated carbocycles. The predicted octanol–water partition coefficient (Wildman–Crippen LogP) is 3.24. The summed E-state index contributed by atoms with van der Waals surface area (Å²) < 4.78 is 32.2. The van der Waals surface area contributed by atoms with E-state index in [0.717, 1.165) is 0 Å². The van der Waals surface area contributed by atoms with E-state index in [9.17, 15) is 14.7 Å². The average Bonchev–Trinajstić information content (AvgIpc) is 3.13. The molecule has 1 aliphatic heterocycles. The molecule has 3 rings (SSSR count). The van der Waals surface area contributed by atoms with Gasteiger partial charge in [0, 0.05) is 0 Å². The van der Waals surface area contributed by atoms with Gasteiger partial charge in [0.15, 0.2) is 23.0 Å². The highest BCUT2D eigenvalue weighted by molar-refractivity contribution is 5.90. The Hall–Kier alpha value is -3.46.